The van der Waals surface area contributed by atoms with E-state index in [4.69, 9.17) is 0 Å². The average molecular weight is 901 g/mol. The maximum Gasteiger partial charge on any atom is 0.0727 e. The monoisotopic (exact) mass is 900 g/mol. The van der Waals surface area contributed by atoms with Gasteiger partial charge < -0.3 is 9.80 Å². The highest BCUT2D eigenvalue weighted by molar-refractivity contribution is 5.98. The molecule has 7 aliphatic rings. The summed E-state index contributed by atoms with van der Waals surface area (Å²) < 4.78 is 0. The largest absolute Gasteiger partial charge is 0.310 e. The van der Waals surface area contributed by atoms with Crippen LogP contribution in [-0.2, 0) is 10.8 Å². The SMILES string of the molecule is CC1(C)c2ccccc2-c2ccc(N(c3ccc4c(c3)C3(c5ccccc5-c5ccc(N(c6ccccc6)c6ccccc6)cc53)c3ccccc3-4)c3ccccc3C3[C@H]4C[C@@H]5C[C@@H](C[C@H]3C5)C4)cc21. The molecule has 2 nitrogen and oxygen atoms in total. The molecule has 1 spiro atoms. The van der Waals surface area contributed by atoms with E-state index in [2.05, 4.69) is 236 Å². The molecule has 16 rings (SSSR count). The van der Waals surface area contributed by atoms with E-state index in [1.54, 1.807) is 5.56 Å². The lowest BCUT2D eigenvalue weighted by Gasteiger charge is -2.55. The second kappa shape index (κ2) is 15.0. The van der Waals surface area contributed by atoms with Crippen LogP contribution in [0, 0.1) is 23.7 Å². The molecule has 1 atom stereocenters. The Hall–Kier alpha value is -7.42. The van der Waals surface area contributed by atoms with Crippen LogP contribution in [0.3, 0.4) is 0 Å². The van der Waals surface area contributed by atoms with Crippen molar-refractivity contribution in [2.45, 2.75) is 62.7 Å². The Balaban J connectivity index is 0.973. The summed E-state index contributed by atoms with van der Waals surface area (Å²) in [6.45, 7) is 4.84. The second-order valence-corrected chi connectivity index (χ2v) is 22.1. The third-order valence-electron chi connectivity index (χ3n) is 18.2. The molecule has 7 aliphatic carbocycles. The van der Waals surface area contributed by atoms with E-state index < -0.39 is 5.41 Å². The predicted octanol–water partition coefficient (Wildman–Crippen LogP) is 17.8. The summed E-state index contributed by atoms with van der Waals surface area (Å²) in [5.41, 5.74) is 24.3. The van der Waals surface area contributed by atoms with Gasteiger partial charge in [0.15, 0.2) is 0 Å². The Morgan fingerprint density at radius 3 is 1.27 bits per heavy atom. The molecule has 0 aliphatic heterocycles. The molecule has 4 fully saturated rings. The Kier molecular flexibility index (Phi) is 8.69. The van der Waals surface area contributed by atoms with Gasteiger partial charge in [0.2, 0.25) is 0 Å². The van der Waals surface area contributed by atoms with E-state index in [0.717, 1.165) is 40.7 Å². The van der Waals surface area contributed by atoms with Crippen molar-refractivity contribution < 1.29 is 0 Å². The van der Waals surface area contributed by atoms with Gasteiger partial charge >= 0.3 is 0 Å². The van der Waals surface area contributed by atoms with Gasteiger partial charge in [0, 0.05) is 39.5 Å². The van der Waals surface area contributed by atoms with Gasteiger partial charge in [-0.1, -0.05) is 159 Å². The van der Waals surface area contributed by atoms with Gasteiger partial charge in [0.25, 0.3) is 0 Å². The molecule has 0 radical (unpaired) electrons. The van der Waals surface area contributed by atoms with Crippen molar-refractivity contribution in [2.24, 2.45) is 23.7 Å². The van der Waals surface area contributed by atoms with Gasteiger partial charge in [-0.25, -0.2) is 0 Å². The first-order valence-electron chi connectivity index (χ1n) is 26.0. The number of fused-ring (bicyclic) bond motifs is 13. The summed E-state index contributed by atoms with van der Waals surface area (Å²) in [6, 6.07) is 81.1. The van der Waals surface area contributed by atoms with Gasteiger partial charge in [-0.15, -0.1) is 0 Å². The molecule has 0 heterocycles. The highest BCUT2D eigenvalue weighted by atomic mass is 15.2. The van der Waals surface area contributed by atoms with Crippen molar-refractivity contribution in [2.75, 3.05) is 9.80 Å². The molecule has 9 aromatic carbocycles. The number of hydrogen-bond acceptors (Lipinski definition) is 2. The maximum atomic E-state index is 2.68. The van der Waals surface area contributed by atoms with E-state index in [-0.39, 0.29) is 5.41 Å². The molecule has 70 heavy (non-hydrogen) atoms. The van der Waals surface area contributed by atoms with Crippen LogP contribution in [0.1, 0.15) is 90.8 Å². The van der Waals surface area contributed by atoms with Crippen molar-refractivity contribution in [1.29, 1.82) is 0 Å². The first-order chi connectivity index (χ1) is 34.4. The molecule has 338 valence electrons. The van der Waals surface area contributed by atoms with Crippen LogP contribution >= 0.6 is 0 Å². The Labute approximate surface area is 412 Å². The summed E-state index contributed by atoms with van der Waals surface area (Å²) in [5, 5.41) is 0. The summed E-state index contributed by atoms with van der Waals surface area (Å²) in [7, 11) is 0. The fourth-order valence-electron chi connectivity index (χ4n) is 15.7. The molecular formula is C68H56N2. The van der Waals surface area contributed by atoms with Crippen molar-refractivity contribution >= 4 is 34.1 Å². The van der Waals surface area contributed by atoms with Crippen LogP contribution in [-0.4, -0.2) is 0 Å². The van der Waals surface area contributed by atoms with E-state index in [9.17, 15) is 0 Å². The maximum absolute atomic E-state index is 2.68. The van der Waals surface area contributed by atoms with E-state index in [0.29, 0.717) is 5.92 Å². The fraction of sp³-hybridized carbons (Fsp3) is 0.206. The van der Waals surface area contributed by atoms with Gasteiger partial charge in [0.05, 0.1) is 5.41 Å². The normalized spacial score (nSPS) is 23.0. The molecule has 0 aromatic heterocycles. The van der Waals surface area contributed by atoms with Crippen LogP contribution in [0.25, 0.3) is 33.4 Å². The van der Waals surface area contributed by atoms with E-state index in [1.165, 1.54) is 116 Å². The van der Waals surface area contributed by atoms with Gasteiger partial charge in [0.1, 0.15) is 0 Å². The zero-order valence-electron chi connectivity index (χ0n) is 40.0. The summed E-state index contributed by atoms with van der Waals surface area (Å²) >= 11 is 0. The minimum Gasteiger partial charge on any atom is -0.310 e. The van der Waals surface area contributed by atoms with Crippen molar-refractivity contribution in [3.8, 4) is 33.4 Å². The van der Waals surface area contributed by atoms with Crippen LogP contribution in [0.2, 0.25) is 0 Å². The third kappa shape index (κ3) is 5.62. The van der Waals surface area contributed by atoms with Crippen LogP contribution in [0.5, 0.6) is 0 Å². The molecule has 2 heteroatoms. The quantitative estimate of drug-likeness (QED) is 0.157. The molecule has 4 saturated carbocycles. The average Bonchev–Trinajstić information content (AvgIpc) is 3.96. The molecule has 0 saturated heterocycles. The Morgan fingerprint density at radius 2 is 0.729 bits per heavy atom. The molecule has 4 bridgehead atoms. The molecule has 1 unspecified atom stereocenters. The first-order valence-corrected chi connectivity index (χ1v) is 26.0. The number of rotatable bonds is 7. The number of anilines is 6. The molecule has 9 aromatic rings. The zero-order chi connectivity index (χ0) is 46.3. The highest BCUT2D eigenvalue weighted by Crippen LogP contribution is 2.65. The fourth-order valence-corrected chi connectivity index (χ4v) is 15.7. The van der Waals surface area contributed by atoms with Crippen LogP contribution < -0.4 is 9.80 Å². The minimum absolute atomic E-state index is 0.124. The standard InChI is InChI=1S/C68H56N2/c1-67(2)59-25-13-9-21-52(59)55-32-30-50(40-62(55)67)70(65-28-16-12-24-58(65)66-45-36-43-35-44(38-45)39-46(66)37-43)51-31-34-57-54-23-11-15-27-61(54)68(64(57)42-51)60-26-14-10-22-53(60)56-33-29-49(41-63(56)68)69(47-17-5-3-6-18-47)48-19-7-4-8-20-48/h3-34,40-46,66H,35-39H2,1-2H3/t43-,44+,45-,46+,66?,68?. The lowest BCUT2D eigenvalue weighted by Crippen LogP contribution is -2.44. The minimum atomic E-state index is -0.545. The van der Waals surface area contributed by atoms with Crippen molar-refractivity contribution in [1.82, 2.24) is 0 Å². The van der Waals surface area contributed by atoms with Crippen LogP contribution in [0.15, 0.2) is 212 Å². The molecule has 0 N–H and O–H groups in total. The van der Waals surface area contributed by atoms with Crippen molar-refractivity contribution in [3.63, 3.8) is 0 Å². The van der Waals surface area contributed by atoms with E-state index >= 15 is 0 Å². The molecule has 0 amide bonds. The number of nitrogens with zero attached hydrogens (tertiary/aromatic N) is 2. The number of hydrogen-bond donors (Lipinski definition) is 0. The van der Waals surface area contributed by atoms with Gasteiger partial charge in [-0.2, -0.15) is 0 Å². The Bertz CT molecular complexity index is 3490. The zero-order valence-corrected chi connectivity index (χ0v) is 40.0. The summed E-state index contributed by atoms with van der Waals surface area (Å²) in [6.07, 6.45) is 7.03. The highest BCUT2D eigenvalue weighted by Gasteiger charge is 2.53. The Morgan fingerprint density at radius 1 is 0.329 bits per heavy atom. The smallest absolute Gasteiger partial charge is 0.0727 e. The van der Waals surface area contributed by atoms with Crippen LogP contribution in [0.4, 0.5) is 34.1 Å². The van der Waals surface area contributed by atoms with Crippen molar-refractivity contribution in [3.05, 3.63) is 251 Å². The number of para-hydroxylation sites is 3. The van der Waals surface area contributed by atoms with Gasteiger partial charge in [-0.3, -0.25) is 0 Å². The lowest BCUT2D eigenvalue weighted by atomic mass is 9.50. The van der Waals surface area contributed by atoms with Gasteiger partial charge in [-0.05, 0) is 201 Å². The second-order valence-electron chi connectivity index (χ2n) is 22.1. The lowest BCUT2D eigenvalue weighted by molar-refractivity contribution is -0.00259. The summed E-state index contributed by atoms with van der Waals surface area (Å²) in [5.74, 6) is 3.94. The summed E-state index contributed by atoms with van der Waals surface area (Å²) in [4.78, 5) is 5.10. The third-order valence-corrected chi connectivity index (χ3v) is 18.2. The predicted molar refractivity (Wildman–Crippen MR) is 289 cm³/mol. The topological polar surface area (TPSA) is 6.48 Å². The molecular weight excluding hydrogens is 845 g/mol. The number of benzene rings is 9. The first kappa shape index (κ1) is 40.5. The van der Waals surface area contributed by atoms with E-state index in [1.807, 2.05) is 0 Å².